The van der Waals surface area contributed by atoms with Crippen molar-refractivity contribution in [3.05, 3.63) is 29.8 Å². The molecule has 0 amide bonds. The minimum atomic E-state index is -3.63. The molecule has 0 aromatic heterocycles. The molecule has 1 aromatic carbocycles. The Kier molecular flexibility index (Phi) is 5.32. The second-order valence-corrected chi connectivity index (χ2v) is 7.30. The largest absolute Gasteiger partial charge is 0.389 e. The zero-order valence-electron chi connectivity index (χ0n) is 12.0. The lowest BCUT2D eigenvalue weighted by atomic mass is 10.2. The third kappa shape index (κ3) is 3.60. The van der Waals surface area contributed by atoms with E-state index in [-0.39, 0.29) is 16.0 Å². The maximum absolute atomic E-state index is 12.8. The van der Waals surface area contributed by atoms with Crippen LogP contribution in [-0.2, 0) is 14.8 Å². The van der Waals surface area contributed by atoms with Crippen molar-refractivity contribution in [1.29, 1.82) is 0 Å². The van der Waals surface area contributed by atoms with E-state index in [1.165, 1.54) is 4.31 Å². The normalized spacial score (nSPS) is 19.0. The number of hydrogen-bond acceptors (Lipinski definition) is 4. The molecule has 0 radical (unpaired) electrons. The van der Waals surface area contributed by atoms with Crippen LogP contribution < -0.4 is 5.73 Å². The summed E-state index contributed by atoms with van der Waals surface area (Å²) in [5, 5.41) is 0. The van der Waals surface area contributed by atoms with E-state index >= 15 is 0 Å². The maximum Gasteiger partial charge on any atom is 0.243 e. The quantitative estimate of drug-likeness (QED) is 0.802. The van der Waals surface area contributed by atoms with Crippen LogP contribution >= 0.6 is 12.2 Å². The first-order valence-corrected chi connectivity index (χ1v) is 8.82. The number of benzene rings is 1. The van der Waals surface area contributed by atoms with E-state index in [0.29, 0.717) is 25.3 Å². The number of likely N-dealkylation sites (N-methyl/N-ethyl adjacent to an activating group) is 1. The van der Waals surface area contributed by atoms with Crippen molar-refractivity contribution in [3.63, 3.8) is 0 Å². The van der Waals surface area contributed by atoms with Crippen LogP contribution in [0.1, 0.15) is 25.3 Å². The average Bonchev–Trinajstić information content (AvgIpc) is 2.97. The average molecular weight is 328 g/mol. The van der Waals surface area contributed by atoms with Crippen LogP contribution in [0.2, 0.25) is 0 Å². The van der Waals surface area contributed by atoms with Crippen LogP contribution in [0.4, 0.5) is 0 Å². The summed E-state index contributed by atoms with van der Waals surface area (Å²) in [4.78, 5) is 0.250. The molecule has 1 atom stereocenters. The van der Waals surface area contributed by atoms with Crippen LogP contribution in [0.15, 0.2) is 29.2 Å². The van der Waals surface area contributed by atoms with Gasteiger partial charge in [-0.05, 0) is 18.9 Å². The number of rotatable bonds is 6. The van der Waals surface area contributed by atoms with Gasteiger partial charge in [-0.1, -0.05) is 37.3 Å². The highest BCUT2D eigenvalue weighted by Gasteiger charge is 2.29. The monoisotopic (exact) mass is 328 g/mol. The zero-order chi connectivity index (χ0) is 15.5. The van der Waals surface area contributed by atoms with Gasteiger partial charge in [0.1, 0.15) is 4.99 Å². The summed E-state index contributed by atoms with van der Waals surface area (Å²) >= 11 is 4.95. The molecule has 1 heterocycles. The summed E-state index contributed by atoms with van der Waals surface area (Å²) in [5.74, 6) is 0. The molecule has 1 saturated heterocycles. The third-order valence-electron chi connectivity index (χ3n) is 3.55. The van der Waals surface area contributed by atoms with Gasteiger partial charge < -0.3 is 10.5 Å². The van der Waals surface area contributed by atoms with Gasteiger partial charge in [0.15, 0.2) is 0 Å². The van der Waals surface area contributed by atoms with Crippen molar-refractivity contribution in [2.75, 3.05) is 19.7 Å². The summed E-state index contributed by atoms with van der Waals surface area (Å²) < 4.78 is 32.6. The summed E-state index contributed by atoms with van der Waals surface area (Å²) in [6.45, 7) is 3.26. The molecule has 2 rings (SSSR count). The fraction of sp³-hybridized carbons (Fsp3) is 0.500. The highest BCUT2D eigenvalue weighted by Crippen LogP contribution is 2.22. The molecule has 1 aliphatic heterocycles. The van der Waals surface area contributed by atoms with E-state index in [9.17, 15) is 8.42 Å². The Bertz CT molecular complexity index is 610. The number of nitrogens with zero attached hydrogens (tertiary/aromatic N) is 1. The van der Waals surface area contributed by atoms with Crippen LogP contribution in [0, 0.1) is 0 Å². The summed E-state index contributed by atoms with van der Waals surface area (Å²) in [7, 11) is -3.63. The van der Waals surface area contributed by atoms with E-state index < -0.39 is 10.0 Å². The van der Waals surface area contributed by atoms with Crippen LogP contribution in [0.3, 0.4) is 0 Å². The van der Waals surface area contributed by atoms with Crippen molar-refractivity contribution < 1.29 is 13.2 Å². The standard InChI is InChI=1S/C14H20N2O3S2/c1-2-16(10-11-6-5-9-19-11)21(17,18)13-8-4-3-7-12(13)14(15)20/h3-4,7-8,11H,2,5-6,9-10H2,1H3,(H2,15,20). The van der Waals surface area contributed by atoms with Gasteiger partial charge in [0.25, 0.3) is 0 Å². The Morgan fingerprint density at radius 3 is 2.76 bits per heavy atom. The van der Waals surface area contributed by atoms with Crippen LogP contribution in [0.25, 0.3) is 0 Å². The summed E-state index contributed by atoms with van der Waals surface area (Å²) in [6, 6.07) is 6.58. The third-order valence-corrected chi connectivity index (χ3v) is 5.77. The van der Waals surface area contributed by atoms with Crippen molar-refractivity contribution in [3.8, 4) is 0 Å². The fourth-order valence-corrected chi connectivity index (χ4v) is 4.38. The molecule has 1 unspecified atom stereocenters. The lowest BCUT2D eigenvalue weighted by Gasteiger charge is -2.24. The minimum Gasteiger partial charge on any atom is -0.389 e. The van der Waals surface area contributed by atoms with Gasteiger partial charge in [0, 0.05) is 25.3 Å². The second-order valence-electron chi connectivity index (χ2n) is 4.95. The summed E-state index contributed by atoms with van der Waals surface area (Å²) in [6.07, 6.45) is 1.84. The first kappa shape index (κ1) is 16.4. The van der Waals surface area contributed by atoms with Crippen molar-refractivity contribution in [2.45, 2.75) is 30.8 Å². The lowest BCUT2D eigenvalue weighted by Crippen LogP contribution is -2.38. The highest BCUT2D eigenvalue weighted by molar-refractivity contribution is 7.89. The van der Waals surface area contributed by atoms with Crippen molar-refractivity contribution in [2.24, 2.45) is 5.73 Å². The van der Waals surface area contributed by atoms with Crippen LogP contribution in [-0.4, -0.2) is 43.5 Å². The second kappa shape index (κ2) is 6.83. The van der Waals surface area contributed by atoms with E-state index in [4.69, 9.17) is 22.7 Å². The number of nitrogens with two attached hydrogens (primary N) is 1. The molecule has 5 nitrogen and oxygen atoms in total. The van der Waals surface area contributed by atoms with Gasteiger partial charge in [0.2, 0.25) is 10.0 Å². The number of thiocarbonyl (C=S) groups is 1. The molecule has 0 bridgehead atoms. The van der Waals surface area contributed by atoms with Gasteiger partial charge in [0.05, 0.1) is 11.0 Å². The predicted molar refractivity (Wildman–Crippen MR) is 85.7 cm³/mol. The van der Waals surface area contributed by atoms with Gasteiger partial charge in [-0.15, -0.1) is 0 Å². The first-order valence-electron chi connectivity index (χ1n) is 6.97. The lowest BCUT2D eigenvalue weighted by molar-refractivity contribution is 0.0947. The van der Waals surface area contributed by atoms with Gasteiger partial charge >= 0.3 is 0 Å². The number of sulfonamides is 1. The molecule has 1 fully saturated rings. The molecule has 21 heavy (non-hydrogen) atoms. The smallest absolute Gasteiger partial charge is 0.243 e. The molecular formula is C14H20N2O3S2. The molecule has 7 heteroatoms. The molecule has 0 aliphatic carbocycles. The maximum atomic E-state index is 12.8. The Morgan fingerprint density at radius 1 is 1.48 bits per heavy atom. The number of hydrogen-bond donors (Lipinski definition) is 1. The molecule has 2 N–H and O–H groups in total. The molecule has 1 aliphatic rings. The summed E-state index contributed by atoms with van der Waals surface area (Å²) in [5.41, 5.74) is 6.03. The zero-order valence-corrected chi connectivity index (χ0v) is 13.6. The topological polar surface area (TPSA) is 72.6 Å². The Morgan fingerprint density at radius 2 is 2.19 bits per heavy atom. The van der Waals surface area contributed by atoms with Gasteiger partial charge in [-0.3, -0.25) is 0 Å². The SMILES string of the molecule is CCN(CC1CCCO1)S(=O)(=O)c1ccccc1C(N)=S. The molecule has 1 aromatic rings. The van der Waals surface area contributed by atoms with E-state index in [1.807, 2.05) is 6.92 Å². The fourth-order valence-electron chi connectivity index (χ4n) is 2.45. The van der Waals surface area contributed by atoms with Gasteiger partial charge in [-0.2, -0.15) is 4.31 Å². The van der Waals surface area contributed by atoms with Gasteiger partial charge in [-0.25, -0.2) is 8.42 Å². The van der Waals surface area contributed by atoms with Crippen molar-refractivity contribution >= 4 is 27.2 Å². The Balaban J connectivity index is 2.32. The van der Waals surface area contributed by atoms with E-state index in [1.54, 1.807) is 24.3 Å². The Labute approximate surface area is 131 Å². The van der Waals surface area contributed by atoms with E-state index in [0.717, 1.165) is 12.8 Å². The predicted octanol–water partition coefficient (Wildman–Crippen LogP) is 1.51. The minimum absolute atomic E-state index is 0.0308. The van der Waals surface area contributed by atoms with E-state index in [2.05, 4.69) is 0 Å². The molecule has 0 spiro atoms. The van der Waals surface area contributed by atoms with Crippen molar-refractivity contribution in [1.82, 2.24) is 4.31 Å². The number of ether oxygens (including phenoxy) is 1. The molecule has 116 valence electrons. The first-order chi connectivity index (χ1) is 9.96. The molecule has 0 saturated carbocycles. The highest BCUT2D eigenvalue weighted by atomic mass is 32.2. The Hall–Kier alpha value is -1.02. The molecular weight excluding hydrogens is 308 g/mol. The van der Waals surface area contributed by atoms with Crippen LogP contribution in [0.5, 0.6) is 0 Å².